The fraction of sp³-hybridized carbons (Fsp3) is 0.125. The van der Waals surface area contributed by atoms with Crippen LogP contribution in [0, 0.1) is 0 Å². The average molecular weight is 411 g/mol. The molecule has 2 rings (SSSR count). The van der Waals surface area contributed by atoms with Gasteiger partial charge in [0.1, 0.15) is 5.69 Å². The standard InChI is InChI=1S/C16H17N3S.HI/c1-13(14-9-5-3-6-10-14)18-19-16(20-2)17-15-11-7-4-8-12-15;/h3-12H,1-2H3,(H,17,19);1H. The molecule has 0 unspecified atom stereocenters. The number of rotatable bonds is 3. The maximum absolute atomic E-state index is 4.41. The Balaban J connectivity index is 0.00000220. The van der Waals surface area contributed by atoms with Crippen molar-refractivity contribution in [1.29, 1.82) is 0 Å². The Labute approximate surface area is 147 Å². The molecule has 0 saturated carbocycles. The van der Waals surface area contributed by atoms with Crippen LogP contribution in [0.2, 0.25) is 0 Å². The zero-order chi connectivity index (χ0) is 14.2. The van der Waals surface area contributed by atoms with Crippen molar-refractivity contribution in [3.05, 3.63) is 66.2 Å². The van der Waals surface area contributed by atoms with Crippen molar-refractivity contribution in [2.45, 2.75) is 6.92 Å². The van der Waals surface area contributed by atoms with Crippen molar-refractivity contribution in [3.8, 4) is 0 Å². The average Bonchev–Trinajstić information content (AvgIpc) is 2.53. The highest BCUT2D eigenvalue weighted by molar-refractivity contribution is 8.12. The lowest BCUT2D eigenvalue weighted by molar-refractivity contribution is -0.352. The molecule has 0 radical (unpaired) electrons. The van der Waals surface area contributed by atoms with E-state index in [1.807, 2.05) is 73.8 Å². The van der Waals surface area contributed by atoms with Crippen molar-refractivity contribution in [2.24, 2.45) is 5.10 Å². The van der Waals surface area contributed by atoms with Gasteiger partial charge in [0.2, 0.25) is 0 Å². The number of para-hydroxylation sites is 1. The minimum absolute atomic E-state index is 0. The summed E-state index contributed by atoms with van der Waals surface area (Å²) in [4.78, 5) is 3.30. The summed E-state index contributed by atoms with van der Waals surface area (Å²) in [6.07, 6.45) is 2.01. The molecule has 0 heterocycles. The second-order valence-electron chi connectivity index (χ2n) is 4.20. The van der Waals surface area contributed by atoms with Crippen LogP contribution >= 0.6 is 11.8 Å². The van der Waals surface area contributed by atoms with Gasteiger partial charge in [-0.2, -0.15) is 0 Å². The van der Waals surface area contributed by atoms with E-state index in [-0.39, 0.29) is 24.0 Å². The summed E-state index contributed by atoms with van der Waals surface area (Å²) >= 11 is 1.59. The maximum atomic E-state index is 4.41. The lowest BCUT2D eigenvalue weighted by Crippen LogP contribution is -3.00. The van der Waals surface area contributed by atoms with Gasteiger partial charge >= 0.3 is 5.17 Å². The molecule has 0 amide bonds. The molecule has 0 aromatic heterocycles. The molecule has 0 aliphatic rings. The molecule has 0 bridgehead atoms. The van der Waals surface area contributed by atoms with Crippen molar-refractivity contribution in [2.75, 3.05) is 6.26 Å². The first-order valence-corrected chi connectivity index (χ1v) is 7.61. The molecular weight excluding hydrogens is 393 g/mol. The Morgan fingerprint density at radius 1 is 1.00 bits per heavy atom. The number of hydrogen-bond acceptors (Lipinski definition) is 2. The van der Waals surface area contributed by atoms with Crippen LogP contribution in [0.3, 0.4) is 0 Å². The number of thioether (sulfide) groups is 1. The van der Waals surface area contributed by atoms with E-state index in [9.17, 15) is 0 Å². The van der Waals surface area contributed by atoms with Crippen LogP contribution in [0.1, 0.15) is 12.5 Å². The van der Waals surface area contributed by atoms with Gasteiger partial charge in [-0.05, 0) is 42.6 Å². The molecule has 5 heteroatoms. The minimum Gasteiger partial charge on any atom is -1.00 e. The summed E-state index contributed by atoms with van der Waals surface area (Å²) in [5.41, 5.74) is 6.17. The zero-order valence-corrected chi connectivity index (χ0v) is 15.0. The minimum atomic E-state index is 0. The highest BCUT2D eigenvalue weighted by atomic mass is 127. The van der Waals surface area contributed by atoms with E-state index in [1.54, 1.807) is 11.8 Å². The van der Waals surface area contributed by atoms with Crippen LogP contribution in [-0.2, 0) is 0 Å². The van der Waals surface area contributed by atoms with Gasteiger partial charge in [-0.3, -0.25) is 0 Å². The van der Waals surface area contributed by atoms with Crippen LogP contribution in [0.15, 0.2) is 65.8 Å². The smallest absolute Gasteiger partial charge is 0.334 e. The van der Waals surface area contributed by atoms with Crippen molar-refractivity contribution >= 4 is 28.3 Å². The van der Waals surface area contributed by atoms with Gasteiger partial charge in [0.15, 0.2) is 0 Å². The molecule has 0 fully saturated rings. The third kappa shape index (κ3) is 5.89. The fourth-order valence-electron chi connectivity index (χ4n) is 1.66. The second-order valence-corrected chi connectivity index (χ2v) is 5.02. The Morgan fingerprint density at radius 2 is 1.57 bits per heavy atom. The zero-order valence-electron chi connectivity index (χ0n) is 12.0. The molecule has 2 aromatic carbocycles. The first kappa shape index (κ1) is 17.7. The molecule has 0 spiro atoms. The number of amidine groups is 1. The SMILES string of the molecule is CSC(NN=C(C)c1ccccc1)=[NH+]c1ccccc1.[I-]. The monoisotopic (exact) mass is 411 g/mol. The Hall–Kier alpha value is -1.34. The highest BCUT2D eigenvalue weighted by Crippen LogP contribution is 2.00. The number of hydrazone groups is 1. The van der Waals surface area contributed by atoms with E-state index >= 15 is 0 Å². The molecule has 2 N–H and O–H groups in total. The summed E-state index contributed by atoms with van der Waals surface area (Å²) in [5, 5.41) is 5.30. The van der Waals surface area contributed by atoms with Crippen LogP contribution in [0.4, 0.5) is 5.69 Å². The molecule has 0 aliphatic heterocycles. The molecule has 110 valence electrons. The molecule has 2 aromatic rings. The highest BCUT2D eigenvalue weighted by Gasteiger charge is 2.05. The fourth-order valence-corrected chi connectivity index (χ4v) is 2.01. The second kappa shape index (κ2) is 9.57. The van der Waals surface area contributed by atoms with Crippen molar-refractivity contribution < 1.29 is 29.0 Å². The number of nitrogens with one attached hydrogen (secondary N) is 2. The summed E-state index contributed by atoms with van der Waals surface area (Å²) in [6.45, 7) is 1.99. The molecule has 0 atom stereocenters. The number of benzene rings is 2. The van der Waals surface area contributed by atoms with E-state index in [0.29, 0.717) is 0 Å². The van der Waals surface area contributed by atoms with Crippen LogP contribution in [0.5, 0.6) is 0 Å². The van der Waals surface area contributed by atoms with E-state index in [1.165, 1.54) is 0 Å². The van der Waals surface area contributed by atoms with Crippen molar-refractivity contribution in [3.63, 3.8) is 0 Å². The predicted molar refractivity (Wildman–Crippen MR) is 87.4 cm³/mol. The van der Waals surface area contributed by atoms with Crippen LogP contribution in [-0.4, -0.2) is 17.1 Å². The molecule has 21 heavy (non-hydrogen) atoms. The largest absolute Gasteiger partial charge is 1.00 e. The molecular formula is C16H18IN3S. The third-order valence-corrected chi connectivity index (χ3v) is 3.35. The van der Waals surface area contributed by atoms with E-state index in [4.69, 9.17) is 0 Å². The topological polar surface area (TPSA) is 38.4 Å². The summed E-state index contributed by atoms with van der Waals surface area (Å²) in [7, 11) is 0. The maximum Gasteiger partial charge on any atom is 0.334 e. The van der Waals surface area contributed by atoms with Gasteiger partial charge in [-0.15, -0.1) is 5.43 Å². The quantitative estimate of drug-likeness (QED) is 0.299. The van der Waals surface area contributed by atoms with Gasteiger partial charge < -0.3 is 24.0 Å². The number of nitrogens with zero attached hydrogens (tertiary/aromatic N) is 1. The summed E-state index contributed by atoms with van der Waals surface area (Å²) in [5.74, 6) is 0. The van der Waals surface area contributed by atoms with Gasteiger partial charge in [-0.25, -0.2) is 4.99 Å². The van der Waals surface area contributed by atoms with Crippen LogP contribution < -0.4 is 34.4 Å². The Morgan fingerprint density at radius 3 is 2.14 bits per heavy atom. The Bertz CT molecular complexity index is 597. The Kier molecular flexibility index (Phi) is 8.07. The third-order valence-electron chi connectivity index (χ3n) is 2.75. The molecule has 0 saturated heterocycles. The number of halogens is 1. The lowest BCUT2D eigenvalue weighted by atomic mass is 10.1. The van der Waals surface area contributed by atoms with E-state index in [2.05, 4.69) is 15.5 Å². The first-order valence-electron chi connectivity index (χ1n) is 6.38. The summed E-state index contributed by atoms with van der Waals surface area (Å²) < 4.78 is 0. The predicted octanol–water partition coefficient (Wildman–Crippen LogP) is -0.864. The first-order chi connectivity index (χ1) is 9.79. The van der Waals surface area contributed by atoms with Gasteiger partial charge in [0, 0.05) is 0 Å². The van der Waals surface area contributed by atoms with Gasteiger partial charge in [-0.1, -0.05) is 53.6 Å². The normalized spacial score (nSPS) is 11.7. The van der Waals surface area contributed by atoms with E-state index < -0.39 is 0 Å². The number of hydrogen-bond donors (Lipinski definition) is 2. The van der Waals surface area contributed by atoms with Gasteiger partial charge in [0.25, 0.3) is 0 Å². The van der Waals surface area contributed by atoms with Crippen molar-refractivity contribution in [1.82, 2.24) is 5.43 Å². The van der Waals surface area contributed by atoms with Crippen LogP contribution in [0.25, 0.3) is 0 Å². The van der Waals surface area contributed by atoms with Gasteiger partial charge in [0.05, 0.1) is 5.71 Å². The molecule has 0 aliphatic carbocycles. The molecule has 3 nitrogen and oxygen atoms in total. The lowest BCUT2D eigenvalue weighted by Gasteiger charge is -1.99. The van der Waals surface area contributed by atoms with E-state index in [0.717, 1.165) is 22.1 Å². The summed E-state index contributed by atoms with van der Waals surface area (Å²) in [6, 6.07) is 20.1.